The Bertz CT molecular complexity index is 94.9. The maximum Gasteiger partial charge on any atom is 2.00 e. The topological polar surface area (TPSA) is 80.3 Å². The molecule has 0 rings (SSSR count). The van der Waals surface area contributed by atoms with Crippen LogP contribution in [0, 0.1) is 0 Å². The fraction of sp³-hybridized carbons (Fsp3) is 0. The fourth-order valence-electron chi connectivity index (χ4n) is 0. The van der Waals surface area contributed by atoms with Crippen molar-refractivity contribution in [1.29, 1.82) is 0 Å². The van der Waals surface area contributed by atoms with Gasteiger partial charge in [0.2, 0.25) is 0 Å². The first-order valence-corrected chi connectivity index (χ1v) is 2.00. The van der Waals surface area contributed by atoms with E-state index in [0.29, 0.717) is 0 Å². The van der Waals surface area contributed by atoms with Crippen molar-refractivity contribution < 1.29 is 34.3 Å². The first kappa shape index (κ1) is 15.7. The van der Waals surface area contributed by atoms with Crippen molar-refractivity contribution in [2.45, 2.75) is 0 Å². The third-order valence-electron chi connectivity index (χ3n) is 0. The average Bonchev–Trinajstić information content (AvgIpc) is 0.722. The van der Waals surface area contributed by atoms with Crippen molar-refractivity contribution in [2.75, 3.05) is 0 Å². The summed E-state index contributed by atoms with van der Waals surface area (Å²) in [5.41, 5.74) is 0. The Morgan fingerprint density at radius 1 is 1.14 bits per heavy atom. The van der Waals surface area contributed by atoms with Crippen LogP contribution >= 0.6 is 0 Å². The van der Waals surface area contributed by atoms with E-state index in [1.165, 1.54) is 0 Å². The molecule has 3 radical (unpaired) electrons. The van der Waals surface area contributed by atoms with Crippen molar-refractivity contribution in [1.82, 2.24) is 0 Å². The molecular formula is CoMgO4S. The van der Waals surface area contributed by atoms with Crippen LogP contribution in [-0.4, -0.2) is 40.6 Å². The van der Waals surface area contributed by atoms with Gasteiger partial charge in [-0.2, -0.15) is 0 Å². The third kappa shape index (κ3) is 145. The van der Waals surface area contributed by atoms with Crippen molar-refractivity contribution >= 4 is 33.5 Å². The average molecular weight is 179 g/mol. The molecule has 0 atom stereocenters. The van der Waals surface area contributed by atoms with Gasteiger partial charge in [-0.3, -0.25) is 8.42 Å². The van der Waals surface area contributed by atoms with E-state index < -0.39 is 10.4 Å². The third-order valence-corrected chi connectivity index (χ3v) is 0. The number of rotatable bonds is 0. The smallest absolute Gasteiger partial charge is 0.759 e. The summed E-state index contributed by atoms with van der Waals surface area (Å²) in [6.07, 6.45) is 0. The van der Waals surface area contributed by atoms with E-state index >= 15 is 0 Å². The first-order valence-electron chi connectivity index (χ1n) is 0.667. The molecule has 0 aromatic rings. The summed E-state index contributed by atoms with van der Waals surface area (Å²) in [4.78, 5) is 0. The molecule has 0 amide bonds. The molecule has 0 fully saturated rings. The zero-order valence-electron chi connectivity index (χ0n) is 3.08. The maximum atomic E-state index is 8.52. The van der Waals surface area contributed by atoms with Gasteiger partial charge in [-0.15, -0.1) is 0 Å². The van der Waals surface area contributed by atoms with Gasteiger partial charge in [0.1, 0.15) is 0 Å². The molecule has 0 unspecified atom stereocenters. The molecular weight excluding hydrogens is 179 g/mol. The van der Waals surface area contributed by atoms with E-state index in [4.69, 9.17) is 17.5 Å². The van der Waals surface area contributed by atoms with Crippen molar-refractivity contribution in [3.8, 4) is 0 Å². The maximum absolute atomic E-state index is 8.52. The predicted octanol–water partition coefficient (Wildman–Crippen LogP) is -1.72. The first-order chi connectivity index (χ1) is 2.00. The van der Waals surface area contributed by atoms with Crippen molar-refractivity contribution in [3.63, 3.8) is 0 Å². The quantitative estimate of drug-likeness (QED) is 0.252. The summed E-state index contributed by atoms with van der Waals surface area (Å²) in [7, 11) is -5.17. The van der Waals surface area contributed by atoms with Crippen LogP contribution < -0.4 is 0 Å². The Kier molecular flexibility index (Phi) is 11.9. The van der Waals surface area contributed by atoms with E-state index in [2.05, 4.69) is 0 Å². The van der Waals surface area contributed by atoms with Crippen LogP contribution in [0.25, 0.3) is 0 Å². The molecule has 7 heteroatoms. The van der Waals surface area contributed by atoms with Crippen LogP contribution in [0.1, 0.15) is 0 Å². The van der Waals surface area contributed by atoms with Crippen molar-refractivity contribution in [3.05, 3.63) is 0 Å². The Morgan fingerprint density at radius 3 is 1.14 bits per heavy atom. The molecule has 0 aliphatic heterocycles. The van der Waals surface area contributed by atoms with E-state index in [1.54, 1.807) is 0 Å². The SMILES string of the molecule is O=S(=O)([O-])[O-].[Co+2].[Mg]. The molecule has 0 aliphatic carbocycles. The Labute approximate surface area is 67.6 Å². The van der Waals surface area contributed by atoms with Crippen LogP contribution in [0.4, 0.5) is 0 Å². The minimum absolute atomic E-state index is 0. The molecule has 0 saturated heterocycles. The van der Waals surface area contributed by atoms with Gasteiger partial charge in [-0.25, -0.2) is 0 Å². The molecule has 7 heavy (non-hydrogen) atoms. The van der Waals surface area contributed by atoms with Gasteiger partial charge in [-0.1, -0.05) is 0 Å². The molecule has 41 valence electrons. The Morgan fingerprint density at radius 2 is 1.14 bits per heavy atom. The molecule has 0 bridgehead atoms. The van der Waals surface area contributed by atoms with Crippen LogP contribution in [0.2, 0.25) is 0 Å². The Balaban J connectivity index is -0.0000000800. The molecule has 0 aliphatic rings. The fourth-order valence-corrected chi connectivity index (χ4v) is 0. The standard InChI is InChI=1S/Co.Mg.H2O4S/c;;1-5(2,3)4/h;;(H2,1,2,3,4)/q+2;;/p-2. The van der Waals surface area contributed by atoms with Gasteiger partial charge in [0, 0.05) is 33.5 Å². The van der Waals surface area contributed by atoms with E-state index in [1.807, 2.05) is 0 Å². The van der Waals surface area contributed by atoms with Gasteiger partial charge in [0.05, 0.1) is 0 Å². The summed E-state index contributed by atoms with van der Waals surface area (Å²) in [6.45, 7) is 0. The Hall–Kier alpha value is 1.14. The normalized spacial score (nSPS) is 8.29. The zero-order chi connectivity index (χ0) is 4.50. The second-order valence-electron chi connectivity index (χ2n) is 0.408. The largest absolute Gasteiger partial charge is 2.00 e. The number of hydrogen-bond acceptors (Lipinski definition) is 4. The molecule has 0 aromatic heterocycles. The van der Waals surface area contributed by atoms with Gasteiger partial charge in [-0.05, 0) is 0 Å². The summed E-state index contributed by atoms with van der Waals surface area (Å²) in [6, 6.07) is 0. The summed E-state index contributed by atoms with van der Waals surface area (Å²) in [5, 5.41) is 0. The molecule has 0 heterocycles. The van der Waals surface area contributed by atoms with Crippen LogP contribution in [-0.2, 0) is 27.2 Å². The summed E-state index contributed by atoms with van der Waals surface area (Å²) >= 11 is 0. The predicted molar refractivity (Wildman–Crippen MR) is 16.2 cm³/mol. The zero-order valence-corrected chi connectivity index (χ0v) is 6.35. The summed E-state index contributed by atoms with van der Waals surface area (Å²) < 4.78 is 34.1. The molecule has 0 spiro atoms. The van der Waals surface area contributed by atoms with Gasteiger partial charge in [0.25, 0.3) is 0 Å². The van der Waals surface area contributed by atoms with E-state index in [9.17, 15) is 0 Å². The van der Waals surface area contributed by atoms with Gasteiger partial charge in [0.15, 0.2) is 0 Å². The molecule has 4 nitrogen and oxygen atoms in total. The summed E-state index contributed by atoms with van der Waals surface area (Å²) in [5.74, 6) is 0. The van der Waals surface area contributed by atoms with E-state index in [-0.39, 0.29) is 39.8 Å². The second kappa shape index (κ2) is 5.28. The van der Waals surface area contributed by atoms with Gasteiger partial charge < -0.3 is 9.11 Å². The van der Waals surface area contributed by atoms with Crippen LogP contribution in [0.3, 0.4) is 0 Å². The molecule has 0 N–H and O–H groups in total. The molecule has 0 saturated carbocycles. The van der Waals surface area contributed by atoms with E-state index in [0.717, 1.165) is 0 Å². The monoisotopic (exact) mass is 179 g/mol. The van der Waals surface area contributed by atoms with Crippen LogP contribution in [0.5, 0.6) is 0 Å². The minimum Gasteiger partial charge on any atom is -0.759 e. The minimum atomic E-state index is -5.17. The van der Waals surface area contributed by atoms with Crippen LogP contribution in [0.15, 0.2) is 0 Å². The molecule has 0 aromatic carbocycles. The number of hydrogen-bond donors (Lipinski definition) is 0. The second-order valence-corrected chi connectivity index (χ2v) is 1.22. The van der Waals surface area contributed by atoms with Crippen molar-refractivity contribution in [2.24, 2.45) is 0 Å². The van der Waals surface area contributed by atoms with Gasteiger partial charge >= 0.3 is 16.8 Å².